The average molecular weight is 245 g/mol. The van der Waals surface area contributed by atoms with Gasteiger partial charge in [0.25, 0.3) is 0 Å². The summed E-state index contributed by atoms with van der Waals surface area (Å²) in [5, 5.41) is 0.566. The highest BCUT2D eigenvalue weighted by Crippen LogP contribution is 2.29. The Morgan fingerprint density at radius 2 is 1.82 bits per heavy atom. The second-order valence-electron chi connectivity index (χ2n) is 3.73. The van der Waals surface area contributed by atoms with Crippen LogP contribution in [-0.2, 0) is 0 Å². The van der Waals surface area contributed by atoms with Crippen LogP contribution >= 0.6 is 11.6 Å². The summed E-state index contributed by atoms with van der Waals surface area (Å²) in [7, 11) is 0. The minimum Gasteiger partial charge on any atom is -0.435 e. The maximum atomic E-state index is 6.03. The van der Waals surface area contributed by atoms with Gasteiger partial charge in [0.15, 0.2) is 5.58 Å². The summed E-state index contributed by atoms with van der Waals surface area (Å²) < 4.78 is 5.64. The Balaban J connectivity index is 2.18. The molecule has 1 aromatic heterocycles. The number of aromatic nitrogens is 1. The minimum atomic E-state index is 0.549. The van der Waals surface area contributed by atoms with Gasteiger partial charge in [0.1, 0.15) is 5.52 Å². The maximum absolute atomic E-state index is 6.03. The number of fused-ring (bicyclic) bond motifs is 1. The van der Waals surface area contributed by atoms with Crippen LogP contribution in [0.25, 0.3) is 22.6 Å². The average Bonchev–Trinajstić information content (AvgIpc) is 2.75. The van der Waals surface area contributed by atoms with Crippen LogP contribution in [0.4, 0.5) is 5.69 Å². The summed E-state index contributed by atoms with van der Waals surface area (Å²) in [4.78, 5) is 4.38. The molecule has 3 aromatic rings. The molecule has 17 heavy (non-hydrogen) atoms. The Morgan fingerprint density at radius 1 is 1.06 bits per heavy atom. The number of halogens is 1. The number of nitrogen functional groups attached to an aromatic ring is 1. The van der Waals surface area contributed by atoms with Crippen LogP contribution in [0.15, 0.2) is 46.9 Å². The first-order chi connectivity index (χ1) is 8.24. The predicted octanol–water partition coefficient (Wildman–Crippen LogP) is 3.73. The molecule has 1 heterocycles. The van der Waals surface area contributed by atoms with Crippen molar-refractivity contribution >= 4 is 28.4 Å². The Hall–Kier alpha value is -2.00. The largest absolute Gasteiger partial charge is 0.435 e. The van der Waals surface area contributed by atoms with E-state index in [9.17, 15) is 0 Å². The lowest BCUT2D eigenvalue weighted by atomic mass is 10.2. The van der Waals surface area contributed by atoms with Crippen LogP contribution in [0, 0.1) is 0 Å². The van der Waals surface area contributed by atoms with Crippen LogP contribution in [0.1, 0.15) is 0 Å². The van der Waals surface area contributed by atoms with E-state index in [-0.39, 0.29) is 0 Å². The molecular weight excluding hydrogens is 236 g/mol. The van der Waals surface area contributed by atoms with Gasteiger partial charge in [-0.1, -0.05) is 17.7 Å². The second-order valence-corrected chi connectivity index (χ2v) is 4.14. The van der Waals surface area contributed by atoms with Crippen molar-refractivity contribution < 1.29 is 4.42 Å². The summed E-state index contributed by atoms with van der Waals surface area (Å²) in [6.07, 6.45) is 0. The van der Waals surface area contributed by atoms with Crippen LogP contribution in [-0.4, -0.2) is 4.98 Å². The minimum absolute atomic E-state index is 0.549. The van der Waals surface area contributed by atoms with Gasteiger partial charge >= 0.3 is 0 Å². The molecule has 0 aliphatic heterocycles. The van der Waals surface area contributed by atoms with Gasteiger partial charge in [-0.3, -0.25) is 0 Å². The fourth-order valence-corrected chi connectivity index (χ4v) is 1.87. The molecule has 0 atom stereocenters. The number of rotatable bonds is 1. The molecule has 0 saturated heterocycles. The number of nitrogens with two attached hydrogens (primary N) is 1. The van der Waals surface area contributed by atoms with Crippen LogP contribution in [0.3, 0.4) is 0 Å². The molecule has 0 bridgehead atoms. The third kappa shape index (κ3) is 1.74. The van der Waals surface area contributed by atoms with E-state index in [0.717, 1.165) is 11.1 Å². The summed E-state index contributed by atoms with van der Waals surface area (Å²) in [5.74, 6) is 0.549. The van der Waals surface area contributed by atoms with Gasteiger partial charge in [-0.2, -0.15) is 0 Å². The summed E-state index contributed by atoms with van der Waals surface area (Å²) in [6, 6.07) is 12.9. The molecular formula is C13H9ClN2O. The quantitative estimate of drug-likeness (QED) is 0.664. The number of hydrogen-bond acceptors (Lipinski definition) is 3. The topological polar surface area (TPSA) is 52.0 Å². The molecule has 2 aromatic carbocycles. The molecule has 0 aliphatic carbocycles. The lowest BCUT2D eigenvalue weighted by Crippen LogP contribution is -1.83. The predicted molar refractivity (Wildman–Crippen MR) is 68.9 cm³/mol. The highest BCUT2D eigenvalue weighted by molar-refractivity contribution is 6.34. The number of nitrogens with zero attached hydrogens (tertiary/aromatic N) is 1. The molecule has 0 unspecified atom stereocenters. The van der Waals surface area contributed by atoms with E-state index in [1.807, 2.05) is 36.4 Å². The van der Waals surface area contributed by atoms with E-state index in [1.54, 1.807) is 6.07 Å². The summed E-state index contributed by atoms with van der Waals surface area (Å²) >= 11 is 6.03. The highest BCUT2D eigenvalue weighted by Gasteiger charge is 2.09. The molecule has 84 valence electrons. The Morgan fingerprint density at radius 3 is 2.53 bits per heavy atom. The van der Waals surface area contributed by atoms with Crippen molar-refractivity contribution in [3.05, 3.63) is 47.5 Å². The van der Waals surface area contributed by atoms with Gasteiger partial charge in [0.05, 0.1) is 5.02 Å². The monoisotopic (exact) mass is 244 g/mol. The zero-order valence-corrected chi connectivity index (χ0v) is 9.61. The van der Waals surface area contributed by atoms with E-state index in [4.69, 9.17) is 21.8 Å². The van der Waals surface area contributed by atoms with Gasteiger partial charge in [0, 0.05) is 11.3 Å². The molecule has 0 amide bonds. The number of para-hydroxylation sites is 1. The highest BCUT2D eigenvalue weighted by atomic mass is 35.5. The molecule has 2 N–H and O–H groups in total. The number of hydrogen-bond donors (Lipinski definition) is 1. The number of benzene rings is 2. The molecule has 4 heteroatoms. The first kappa shape index (κ1) is 10.2. The van der Waals surface area contributed by atoms with Crippen molar-refractivity contribution in [2.75, 3.05) is 5.73 Å². The third-order valence-electron chi connectivity index (χ3n) is 2.52. The first-order valence-electron chi connectivity index (χ1n) is 5.15. The maximum Gasteiger partial charge on any atom is 0.227 e. The lowest BCUT2D eigenvalue weighted by Gasteiger charge is -1.95. The zero-order chi connectivity index (χ0) is 11.8. The van der Waals surface area contributed by atoms with Gasteiger partial charge < -0.3 is 10.2 Å². The van der Waals surface area contributed by atoms with Crippen molar-refractivity contribution in [2.24, 2.45) is 0 Å². The van der Waals surface area contributed by atoms with Crippen LogP contribution < -0.4 is 5.73 Å². The van der Waals surface area contributed by atoms with Gasteiger partial charge in [-0.25, -0.2) is 4.98 Å². The van der Waals surface area contributed by atoms with Crippen molar-refractivity contribution in [3.63, 3.8) is 0 Å². The Kier molecular flexibility index (Phi) is 2.27. The molecule has 0 saturated carbocycles. The van der Waals surface area contributed by atoms with E-state index < -0.39 is 0 Å². The first-order valence-corrected chi connectivity index (χ1v) is 5.53. The lowest BCUT2D eigenvalue weighted by molar-refractivity contribution is 0.620. The SMILES string of the molecule is Nc1ccc(-c2nc3cccc(Cl)c3o2)cc1. The van der Waals surface area contributed by atoms with Crippen molar-refractivity contribution in [2.45, 2.75) is 0 Å². The molecule has 3 nitrogen and oxygen atoms in total. The summed E-state index contributed by atoms with van der Waals surface area (Å²) in [6.45, 7) is 0. The smallest absolute Gasteiger partial charge is 0.227 e. The Bertz CT molecular complexity index is 673. The fourth-order valence-electron chi connectivity index (χ4n) is 1.66. The van der Waals surface area contributed by atoms with Gasteiger partial charge in [0.2, 0.25) is 5.89 Å². The fraction of sp³-hybridized carbons (Fsp3) is 0. The summed E-state index contributed by atoms with van der Waals surface area (Å²) in [5.41, 5.74) is 8.59. The molecule has 0 aliphatic rings. The van der Waals surface area contributed by atoms with E-state index in [1.165, 1.54) is 0 Å². The molecule has 0 radical (unpaired) electrons. The van der Waals surface area contributed by atoms with Gasteiger partial charge in [-0.05, 0) is 36.4 Å². The Labute approximate surface area is 103 Å². The van der Waals surface area contributed by atoms with Crippen molar-refractivity contribution in [3.8, 4) is 11.5 Å². The zero-order valence-electron chi connectivity index (χ0n) is 8.85. The molecule has 0 fully saturated rings. The van der Waals surface area contributed by atoms with Crippen LogP contribution in [0.2, 0.25) is 5.02 Å². The molecule has 0 spiro atoms. The van der Waals surface area contributed by atoms with E-state index in [0.29, 0.717) is 22.2 Å². The second kappa shape index (κ2) is 3.79. The number of anilines is 1. The van der Waals surface area contributed by atoms with E-state index >= 15 is 0 Å². The normalized spacial score (nSPS) is 10.9. The molecule has 3 rings (SSSR count). The van der Waals surface area contributed by atoms with Crippen molar-refractivity contribution in [1.29, 1.82) is 0 Å². The third-order valence-corrected chi connectivity index (χ3v) is 2.82. The van der Waals surface area contributed by atoms with E-state index in [2.05, 4.69) is 4.98 Å². The van der Waals surface area contributed by atoms with Gasteiger partial charge in [-0.15, -0.1) is 0 Å². The number of oxazole rings is 1. The van der Waals surface area contributed by atoms with Crippen molar-refractivity contribution in [1.82, 2.24) is 4.98 Å². The van der Waals surface area contributed by atoms with Crippen LogP contribution in [0.5, 0.6) is 0 Å². The standard InChI is InChI=1S/C13H9ClN2O/c14-10-2-1-3-11-12(10)17-13(16-11)8-4-6-9(15)7-5-8/h1-7H,15H2.